The van der Waals surface area contributed by atoms with Gasteiger partial charge in [-0.3, -0.25) is 14.9 Å². The van der Waals surface area contributed by atoms with Crippen molar-refractivity contribution in [1.82, 2.24) is 5.32 Å². The van der Waals surface area contributed by atoms with Crippen LogP contribution < -0.4 is 11.1 Å². The normalized spacial score (nSPS) is 11.5. The molecule has 0 atom stereocenters. The highest BCUT2D eigenvalue weighted by molar-refractivity contribution is 5.84. The maximum atomic E-state index is 11.1. The van der Waals surface area contributed by atoms with E-state index in [4.69, 9.17) is 10.5 Å². The van der Waals surface area contributed by atoms with Gasteiger partial charge >= 0.3 is 5.97 Å². The van der Waals surface area contributed by atoms with Crippen LogP contribution in [0.3, 0.4) is 0 Å². The van der Waals surface area contributed by atoms with E-state index in [0.717, 1.165) is 0 Å². The van der Waals surface area contributed by atoms with Crippen LogP contribution in [-0.4, -0.2) is 30.1 Å². The molecule has 0 aromatic carbocycles. The molecule has 0 saturated carbocycles. The van der Waals surface area contributed by atoms with E-state index in [1.54, 1.807) is 27.7 Å². The molecule has 0 aromatic heterocycles. The van der Waals surface area contributed by atoms with Gasteiger partial charge in [-0.1, -0.05) is 0 Å². The third-order valence-electron chi connectivity index (χ3n) is 1.66. The summed E-state index contributed by atoms with van der Waals surface area (Å²) < 4.78 is 4.87. The maximum absolute atomic E-state index is 11.1. The molecule has 5 heteroatoms. The smallest absolute Gasteiger partial charge is 0.320 e. The Balaban J connectivity index is 3.94. The Morgan fingerprint density at radius 2 is 1.93 bits per heavy atom. The molecule has 3 N–H and O–H groups in total. The third kappa shape index (κ3) is 4.81. The summed E-state index contributed by atoms with van der Waals surface area (Å²) in [4.78, 5) is 21.9. The Labute approximate surface area is 84.0 Å². The van der Waals surface area contributed by atoms with Crippen LogP contribution in [0.15, 0.2) is 0 Å². The summed E-state index contributed by atoms with van der Waals surface area (Å²) in [6.07, 6.45) is -0.152. The van der Waals surface area contributed by atoms with Gasteiger partial charge in [-0.15, -0.1) is 0 Å². The third-order valence-corrected chi connectivity index (χ3v) is 1.66. The predicted octanol–water partition coefficient (Wildman–Crippen LogP) is -0.208. The number of nitrogens with one attached hydrogen (secondary N) is 1. The minimum atomic E-state index is -0.893. The summed E-state index contributed by atoms with van der Waals surface area (Å²) in [5.41, 5.74) is 4.21. The minimum Gasteiger partial charge on any atom is -0.462 e. The number of carbonyl (C=O) groups excluding carboxylic acids is 2. The molecule has 0 unspecified atom stereocenters. The van der Waals surface area contributed by atoms with Crippen molar-refractivity contribution in [2.24, 2.45) is 5.73 Å². The van der Waals surface area contributed by atoms with Crippen molar-refractivity contribution in [2.45, 2.75) is 39.3 Å². The second-order valence-electron chi connectivity index (χ2n) is 3.88. The lowest BCUT2D eigenvalue weighted by atomic mass is 10.1. The highest BCUT2D eigenvalue weighted by atomic mass is 16.5. The van der Waals surface area contributed by atoms with E-state index in [1.165, 1.54) is 0 Å². The molecule has 0 heterocycles. The maximum Gasteiger partial charge on any atom is 0.320 e. The molecule has 0 aliphatic carbocycles. The van der Waals surface area contributed by atoms with Crippen molar-refractivity contribution in [2.75, 3.05) is 6.54 Å². The second-order valence-corrected chi connectivity index (χ2v) is 3.88. The molecule has 0 rings (SSSR count). The fourth-order valence-electron chi connectivity index (χ4n) is 0.685. The van der Waals surface area contributed by atoms with E-state index in [-0.39, 0.29) is 12.6 Å². The van der Waals surface area contributed by atoms with Crippen molar-refractivity contribution in [1.29, 1.82) is 0 Å². The van der Waals surface area contributed by atoms with Gasteiger partial charge in [-0.25, -0.2) is 0 Å². The van der Waals surface area contributed by atoms with Crippen LogP contribution in [0.1, 0.15) is 27.7 Å². The van der Waals surface area contributed by atoms with Crippen LogP contribution in [0.25, 0.3) is 0 Å². The van der Waals surface area contributed by atoms with Crippen molar-refractivity contribution >= 4 is 11.9 Å². The van der Waals surface area contributed by atoms with Gasteiger partial charge in [0.1, 0.15) is 0 Å². The van der Waals surface area contributed by atoms with Crippen molar-refractivity contribution in [3.8, 4) is 0 Å². The molecular weight excluding hydrogens is 184 g/mol. The molecule has 0 aliphatic rings. The molecule has 5 nitrogen and oxygen atoms in total. The van der Waals surface area contributed by atoms with Crippen molar-refractivity contribution in [3.63, 3.8) is 0 Å². The van der Waals surface area contributed by atoms with E-state index < -0.39 is 17.4 Å². The monoisotopic (exact) mass is 202 g/mol. The predicted molar refractivity (Wildman–Crippen MR) is 52.5 cm³/mol. The molecule has 82 valence electrons. The fraction of sp³-hybridized carbons (Fsp3) is 0.778. The lowest BCUT2D eigenvalue weighted by Crippen LogP contribution is -2.52. The van der Waals surface area contributed by atoms with Gasteiger partial charge in [-0.2, -0.15) is 0 Å². The Hall–Kier alpha value is -1.10. The molecule has 0 spiro atoms. The molecule has 1 amide bonds. The first-order valence-corrected chi connectivity index (χ1v) is 4.50. The molecular formula is C9H18N2O3. The summed E-state index contributed by atoms with van der Waals surface area (Å²) in [7, 11) is 0. The SMILES string of the molecule is CC(C)OC(=O)CNC(C)(C)C(N)=O. The molecule has 0 aromatic rings. The van der Waals surface area contributed by atoms with E-state index in [2.05, 4.69) is 5.32 Å². The lowest BCUT2D eigenvalue weighted by molar-refractivity contribution is -0.146. The fourth-order valence-corrected chi connectivity index (χ4v) is 0.685. The van der Waals surface area contributed by atoms with Gasteiger partial charge < -0.3 is 10.5 Å². The van der Waals surface area contributed by atoms with Gasteiger partial charge in [0.05, 0.1) is 18.2 Å². The second kappa shape index (κ2) is 4.95. The van der Waals surface area contributed by atoms with Crippen molar-refractivity contribution in [3.05, 3.63) is 0 Å². The van der Waals surface area contributed by atoms with Crippen LogP contribution >= 0.6 is 0 Å². The lowest BCUT2D eigenvalue weighted by Gasteiger charge is -2.21. The van der Waals surface area contributed by atoms with E-state index in [0.29, 0.717) is 0 Å². The average molecular weight is 202 g/mol. The van der Waals surface area contributed by atoms with Crippen LogP contribution in [0, 0.1) is 0 Å². The minimum absolute atomic E-state index is 0.0197. The first kappa shape index (κ1) is 12.9. The standard InChI is InChI=1S/C9H18N2O3/c1-6(2)14-7(12)5-11-9(3,4)8(10)13/h6,11H,5H2,1-4H3,(H2,10,13). The molecule has 0 saturated heterocycles. The van der Waals surface area contributed by atoms with Gasteiger partial charge in [0.25, 0.3) is 0 Å². The first-order valence-electron chi connectivity index (χ1n) is 4.50. The molecule has 0 aliphatic heterocycles. The zero-order valence-electron chi connectivity index (χ0n) is 9.09. The number of rotatable bonds is 5. The first-order chi connectivity index (χ1) is 6.25. The molecule has 0 fully saturated rings. The Kier molecular flexibility index (Phi) is 4.56. The Morgan fingerprint density at radius 1 is 1.43 bits per heavy atom. The van der Waals surface area contributed by atoms with Crippen LogP contribution in [-0.2, 0) is 14.3 Å². The number of primary amides is 1. The zero-order valence-corrected chi connectivity index (χ0v) is 9.09. The van der Waals surface area contributed by atoms with Crippen LogP contribution in [0.2, 0.25) is 0 Å². The van der Waals surface area contributed by atoms with E-state index in [9.17, 15) is 9.59 Å². The van der Waals surface area contributed by atoms with Crippen LogP contribution in [0.4, 0.5) is 0 Å². The highest BCUT2D eigenvalue weighted by Gasteiger charge is 2.25. The summed E-state index contributed by atoms with van der Waals surface area (Å²) in [6.45, 7) is 6.72. The number of hydrogen-bond acceptors (Lipinski definition) is 4. The quantitative estimate of drug-likeness (QED) is 0.604. The van der Waals surface area contributed by atoms with Gasteiger partial charge in [-0.05, 0) is 27.7 Å². The molecule has 0 radical (unpaired) electrons. The number of ether oxygens (including phenoxy) is 1. The number of hydrogen-bond donors (Lipinski definition) is 2. The molecule has 14 heavy (non-hydrogen) atoms. The zero-order chi connectivity index (χ0) is 11.4. The number of carbonyl (C=O) groups is 2. The van der Waals surface area contributed by atoms with Gasteiger partial charge in [0, 0.05) is 0 Å². The van der Waals surface area contributed by atoms with Gasteiger partial charge in [0.2, 0.25) is 5.91 Å². The molecule has 0 bridgehead atoms. The van der Waals surface area contributed by atoms with E-state index >= 15 is 0 Å². The van der Waals surface area contributed by atoms with E-state index in [1.807, 2.05) is 0 Å². The summed E-state index contributed by atoms with van der Waals surface area (Å²) in [6, 6.07) is 0. The average Bonchev–Trinajstić information content (AvgIpc) is 1.99. The van der Waals surface area contributed by atoms with Gasteiger partial charge in [0.15, 0.2) is 0 Å². The van der Waals surface area contributed by atoms with Crippen LogP contribution in [0.5, 0.6) is 0 Å². The largest absolute Gasteiger partial charge is 0.462 e. The highest BCUT2D eigenvalue weighted by Crippen LogP contribution is 1.99. The Bertz CT molecular complexity index is 224. The summed E-state index contributed by atoms with van der Waals surface area (Å²) >= 11 is 0. The number of amides is 1. The summed E-state index contributed by atoms with van der Waals surface area (Å²) in [5.74, 6) is -0.899. The summed E-state index contributed by atoms with van der Waals surface area (Å²) in [5, 5.41) is 2.71. The number of esters is 1. The topological polar surface area (TPSA) is 81.4 Å². The Morgan fingerprint density at radius 3 is 2.29 bits per heavy atom. The number of nitrogens with two attached hydrogens (primary N) is 1. The van der Waals surface area contributed by atoms with Crippen molar-refractivity contribution < 1.29 is 14.3 Å².